The van der Waals surface area contributed by atoms with Gasteiger partial charge in [-0.2, -0.15) is 0 Å². The van der Waals surface area contributed by atoms with Gasteiger partial charge in [-0.15, -0.1) is 0 Å². The van der Waals surface area contributed by atoms with Crippen molar-refractivity contribution in [3.8, 4) is 5.75 Å². The van der Waals surface area contributed by atoms with Crippen LogP contribution in [-0.4, -0.2) is 24.1 Å². The van der Waals surface area contributed by atoms with E-state index in [-0.39, 0.29) is 12.1 Å². The van der Waals surface area contributed by atoms with E-state index in [0.717, 1.165) is 10.8 Å². The normalized spacial score (nSPS) is 13.3. The fraction of sp³-hybridized carbons (Fsp3) is 0.136. The van der Waals surface area contributed by atoms with Crippen molar-refractivity contribution in [1.29, 1.82) is 0 Å². The Kier molecular flexibility index (Phi) is 5.38. The van der Waals surface area contributed by atoms with Crippen LogP contribution in [0.1, 0.15) is 11.5 Å². The molecule has 0 aliphatic carbocycles. The summed E-state index contributed by atoms with van der Waals surface area (Å²) in [6, 6.07) is 18.7. The average molecular weight is 409 g/mol. The van der Waals surface area contributed by atoms with Crippen molar-refractivity contribution in [3.05, 3.63) is 72.5 Å². The predicted molar refractivity (Wildman–Crippen MR) is 114 cm³/mol. The van der Waals surface area contributed by atoms with Crippen molar-refractivity contribution < 1.29 is 23.4 Å². The molecule has 0 bridgehead atoms. The number of ether oxygens (including phenoxy) is 1. The van der Waals surface area contributed by atoms with Crippen molar-refractivity contribution in [2.45, 2.75) is 5.92 Å². The minimum Gasteiger partial charge on any atom is -0.497 e. The van der Waals surface area contributed by atoms with E-state index in [2.05, 4.69) is 5.32 Å². The zero-order valence-electron chi connectivity index (χ0n) is 15.7. The third-order valence-electron chi connectivity index (χ3n) is 4.90. The Morgan fingerprint density at radius 1 is 1.14 bits per heavy atom. The second kappa shape index (κ2) is 8.11. The molecule has 148 valence electrons. The zero-order chi connectivity index (χ0) is 20.4. The molecule has 2 N–H and O–H groups in total. The number of hydrogen-bond donors (Lipinski definition) is 2. The van der Waals surface area contributed by atoms with Crippen LogP contribution >= 0.6 is 8.03 Å². The highest BCUT2D eigenvalue weighted by Crippen LogP contribution is 2.35. The van der Waals surface area contributed by atoms with Crippen molar-refractivity contribution in [2.24, 2.45) is 0 Å². The van der Waals surface area contributed by atoms with E-state index in [1.54, 1.807) is 25.3 Å². The number of nitrogens with one attached hydrogen (secondary N) is 1. The average Bonchev–Trinajstić information content (AvgIpc) is 3.14. The van der Waals surface area contributed by atoms with Gasteiger partial charge in [0.05, 0.1) is 19.3 Å². The predicted octanol–water partition coefficient (Wildman–Crippen LogP) is 4.78. The fourth-order valence-corrected chi connectivity index (χ4v) is 4.19. The molecule has 0 aliphatic rings. The van der Waals surface area contributed by atoms with Crippen LogP contribution in [0.15, 0.2) is 71.3 Å². The number of furan rings is 1. The Morgan fingerprint density at radius 2 is 1.93 bits per heavy atom. The van der Waals surface area contributed by atoms with Gasteiger partial charge in [-0.05, 0) is 41.1 Å². The molecule has 6 nitrogen and oxygen atoms in total. The molecular formula is C22H20NO5P. The molecule has 2 unspecified atom stereocenters. The highest BCUT2D eigenvalue weighted by molar-refractivity contribution is 7.38. The van der Waals surface area contributed by atoms with Crippen LogP contribution in [0.4, 0.5) is 5.69 Å². The maximum absolute atomic E-state index is 13.1. The third kappa shape index (κ3) is 4.04. The van der Waals surface area contributed by atoms with Crippen LogP contribution in [0.25, 0.3) is 21.7 Å². The van der Waals surface area contributed by atoms with Gasteiger partial charge in [0.15, 0.2) is 8.03 Å². The first-order chi connectivity index (χ1) is 14.0. The van der Waals surface area contributed by atoms with Crippen LogP contribution in [0, 0.1) is 0 Å². The van der Waals surface area contributed by atoms with E-state index >= 15 is 0 Å². The number of carbonyl (C=O) groups excluding carboxylic acids is 1. The first-order valence-electron chi connectivity index (χ1n) is 9.12. The van der Waals surface area contributed by atoms with Crippen molar-refractivity contribution >= 4 is 41.4 Å². The number of benzene rings is 3. The standard InChI is InChI=1S/C22H20NO5P/c1-27-17-8-9-21-18(11-17)19(12-28-21)20(13-29(25)26)22(24)23-16-7-6-14-4-2-3-5-15(14)10-16/h2-12,20,29H,13H2,1H3,(H,23,24)(H,25,26). The van der Waals surface area contributed by atoms with Gasteiger partial charge in [-0.25, -0.2) is 0 Å². The van der Waals surface area contributed by atoms with Crippen LogP contribution in [0.3, 0.4) is 0 Å². The number of methoxy groups -OCH3 is 1. The Bertz CT molecular complexity index is 1220. The van der Waals surface area contributed by atoms with Crippen molar-refractivity contribution in [3.63, 3.8) is 0 Å². The summed E-state index contributed by atoms with van der Waals surface area (Å²) in [5.74, 6) is -0.574. The second-order valence-electron chi connectivity index (χ2n) is 6.75. The van der Waals surface area contributed by atoms with E-state index in [1.165, 1.54) is 6.26 Å². The van der Waals surface area contributed by atoms with Gasteiger partial charge in [0.2, 0.25) is 5.91 Å². The summed E-state index contributed by atoms with van der Waals surface area (Å²) in [6.07, 6.45) is 1.30. The van der Waals surface area contributed by atoms with Gasteiger partial charge in [-0.1, -0.05) is 30.3 Å². The summed E-state index contributed by atoms with van der Waals surface area (Å²) in [5, 5.41) is 5.62. The van der Waals surface area contributed by atoms with Gasteiger partial charge in [0, 0.05) is 22.8 Å². The molecule has 0 aliphatic heterocycles. The first-order valence-corrected chi connectivity index (χ1v) is 10.7. The molecule has 0 radical (unpaired) electrons. The minimum absolute atomic E-state index is 0.171. The van der Waals surface area contributed by atoms with Crippen molar-refractivity contribution in [2.75, 3.05) is 18.6 Å². The number of amides is 1. The molecular weight excluding hydrogens is 389 g/mol. The van der Waals surface area contributed by atoms with Gasteiger partial charge >= 0.3 is 0 Å². The molecule has 29 heavy (non-hydrogen) atoms. The molecule has 0 spiro atoms. The van der Waals surface area contributed by atoms with Crippen LogP contribution < -0.4 is 10.1 Å². The maximum Gasteiger partial charge on any atom is 0.232 e. The summed E-state index contributed by atoms with van der Waals surface area (Å²) in [6.45, 7) is 0. The molecule has 0 fully saturated rings. The van der Waals surface area contributed by atoms with Crippen LogP contribution in [-0.2, 0) is 9.36 Å². The van der Waals surface area contributed by atoms with E-state index < -0.39 is 13.9 Å². The lowest BCUT2D eigenvalue weighted by Gasteiger charge is -2.15. The smallest absolute Gasteiger partial charge is 0.232 e. The summed E-state index contributed by atoms with van der Waals surface area (Å²) in [5.41, 5.74) is 1.77. The largest absolute Gasteiger partial charge is 0.497 e. The molecule has 0 saturated carbocycles. The molecule has 0 saturated heterocycles. The Balaban J connectivity index is 1.69. The lowest BCUT2D eigenvalue weighted by molar-refractivity contribution is -0.117. The fourth-order valence-electron chi connectivity index (χ4n) is 3.44. The lowest BCUT2D eigenvalue weighted by Crippen LogP contribution is -2.22. The highest BCUT2D eigenvalue weighted by atomic mass is 31.1. The Hall–Kier alpha value is -3.08. The number of rotatable bonds is 6. The number of carbonyl (C=O) groups is 1. The van der Waals surface area contributed by atoms with Gasteiger partial charge in [0.1, 0.15) is 11.3 Å². The molecule has 4 rings (SSSR count). The van der Waals surface area contributed by atoms with Gasteiger partial charge in [0.25, 0.3) is 0 Å². The van der Waals surface area contributed by atoms with E-state index in [4.69, 9.17) is 9.15 Å². The van der Waals surface area contributed by atoms with E-state index in [1.807, 2.05) is 42.5 Å². The van der Waals surface area contributed by atoms with E-state index in [9.17, 15) is 14.3 Å². The molecule has 7 heteroatoms. The zero-order valence-corrected chi connectivity index (χ0v) is 16.7. The van der Waals surface area contributed by atoms with Crippen LogP contribution in [0.5, 0.6) is 5.75 Å². The van der Waals surface area contributed by atoms with Crippen LogP contribution in [0.2, 0.25) is 0 Å². The lowest BCUT2D eigenvalue weighted by atomic mass is 9.99. The number of hydrogen-bond acceptors (Lipinski definition) is 4. The topological polar surface area (TPSA) is 88.8 Å². The summed E-state index contributed by atoms with van der Waals surface area (Å²) in [7, 11) is -1.34. The molecule has 1 heterocycles. The Labute approximate surface area is 168 Å². The molecule has 3 aromatic carbocycles. The molecule has 1 aromatic heterocycles. The quantitative estimate of drug-likeness (QED) is 0.447. The number of anilines is 1. The first kappa shape index (κ1) is 19.2. The van der Waals surface area contributed by atoms with Crippen molar-refractivity contribution in [1.82, 2.24) is 0 Å². The maximum atomic E-state index is 13.1. The second-order valence-corrected chi connectivity index (χ2v) is 7.95. The summed E-state index contributed by atoms with van der Waals surface area (Å²) < 4.78 is 22.5. The third-order valence-corrected chi connectivity index (χ3v) is 5.66. The minimum atomic E-state index is -2.90. The molecule has 2 atom stereocenters. The van der Waals surface area contributed by atoms with Gasteiger partial charge in [-0.3, -0.25) is 9.36 Å². The monoisotopic (exact) mass is 409 g/mol. The van der Waals surface area contributed by atoms with Gasteiger partial charge < -0.3 is 19.4 Å². The molecule has 4 aromatic rings. The SMILES string of the molecule is COc1ccc2occ(C(C[PH](=O)O)C(=O)Nc3ccc4ccccc4c3)c2c1. The summed E-state index contributed by atoms with van der Waals surface area (Å²) >= 11 is 0. The Morgan fingerprint density at radius 3 is 2.69 bits per heavy atom. The number of fused-ring (bicyclic) bond motifs is 2. The summed E-state index contributed by atoms with van der Waals surface area (Å²) in [4.78, 5) is 22.6. The molecule has 1 amide bonds. The van der Waals surface area contributed by atoms with E-state index in [0.29, 0.717) is 28.0 Å². The highest BCUT2D eigenvalue weighted by Gasteiger charge is 2.26.